The molecule has 0 aliphatic rings. The van der Waals surface area contributed by atoms with Crippen LogP contribution in [0.2, 0.25) is 5.02 Å². The Morgan fingerprint density at radius 2 is 2.08 bits per heavy atom. The van der Waals surface area contributed by atoms with Crippen LogP contribution in [0.5, 0.6) is 0 Å². The summed E-state index contributed by atoms with van der Waals surface area (Å²) in [6.07, 6.45) is -2.03. The second kappa shape index (κ2) is 3.31. The first-order valence-electron chi connectivity index (χ1n) is 3.12. The number of hydrogen-bond acceptors (Lipinski definition) is 1. The average Bonchev–Trinajstić information content (AvgIpc) is 2.00. The molecule has 0 spiro atoms. The molecule has 1 aromatic heterocycles. The summed E-state index contributed by atoms with van der Waals surface area (Å²) in [5.74, 6) is -0.676. The maximum absolute atomic E-state index is 12.6. The van der Waals surface area contributed by atoms with Gasteiger partial charge in [0.2, 0.25) is 0 Å². The number of nitrogens with zero attached hydrogens (tertiary/aromatic N) is 1. The third-order valence-electron chi connectivity index (χ3n) is 1.44. The fourth-order valence-electron chi connectivity index (χ4n) is 0.729. The number of alkyl halides is 2. The van der Waals surface area contributed by atoms with Gasteiger partial charge in [-0.1, -0.05) is 11.6 Å². The quantitative estimate of drug-likeness (QED) is 0.671. The fraction of sp³-hybridized carbons (Fsp3) is 0.286. The van der Waals surface area contributed by atoms with Gasteiger partial charge in [0, 0.05) is 5.56 Å². The predicted octanol–water partition coefficient (Wildman–Crippen LogP) is 3.12. The Kier molecular flexibility index (Phi) is 2.57. The molecule has 1 aromatic rings. The first kappa shape index (κ1) is 9.32. The van der Waals surface area contributed by atoms with Crippen LogP contribution in [0.4, 0.5) is 13.2 Å². The summed E-state index contributed by atoms with van der Waals surface area (Å²) < 4.78 is 36.8. The van der Waals surface area contributed by atoms with Crippen molar-refractivity contribution in [1.29, 1.82) is 0 Å². The minimum atomic E-state index is -2.77. The van der Waals surface area contributed by atoms with E-state index in [-0.39, 0.29) is 10.6 Å². The van der Waals surface area contributed by atoms with Gasteiger partial charge in [0.25, 0.3) is 6.43 Å². The molecular weight excluding hydrogens is 191 g/mol. The van der Waals surface area contributed by atoms with Crippen molar-refractivity contribution < 1.29 is 13.2 Å². The van der Waals surface area contributed by atoms with Gasteiger partial charge in [-0.3, -0.25) is 4.98 Å². The summed E-state index contributed by atoms with van der Waals surface area (Å²) in [7, 11) is 0. The number of aromatic nitrogens is 1. The molecule has 0 atom stereocenters. The highest BCUT2D eigenvalue weighted by molar-refractivity contribution is 6.32. The van der Waals surface area contributed by atoms with Crippen molar-refractivity contribution in [3.8, 4) is 0 Å². The van der Waals surface area contributed by atoms with E-state index in [1.807, 2.05) is 0 Å². The zero-order valence-corrected chi connectivity index (χ0v) is 6.87. The Morgan fingerprint density at radius 3 is 2.58 bits per heavy atom. The molecule has 0 fully saturated rings. The van der Waals surface area contributed by atoms with Crippen LogP contribution in [0, 0.1) is 12.7 Å². The molecule has 12 heavy (non-hydrogen) atoms. The van der Waals surface area contributed by atoms with Crippen LogP contribution >= 0.6 is 11.6 Å². The number of rotatable bonds is 1. The highest BCUT2D eigenvalue weighted by atomic mass is 35.5. The van der Waals surface area contributed by atoms with E-state index in [1.54, 1.807) is 0 Å². The number of hydrogen-bond donors (Lipinski definition) is 0. The fourth-order valence-corrected chi connectivity index (χ4v) is 0.950. The normalized spacial score (nSPS) is 10.8. The predicted molar refractivity (Wildman–Crippen MR) is 38.9 cm³/mol. The molecular formula is C7H5ClF3N. The number of halogens is 4. The second-order valence-corrected chi connectivity index (χ2v) is 2.61. The number of pyridine rings is 1. The van der Waals surface area contributed by atoms with Crippen LogP contribution < -0.4 is 0 Å². The molecule has 0 N–H and O–H groups in total. The van der Waals surface area contributed by atoms with Gasteiger partial charge in [0.05, 0.1) is 11.2 Å². The summed E-state index contributed by atoms with van der Waals surface area (Å²) >= 11 is 5.41. The van der Waals surface area contributed by atoms with Crippen LogP contribution in [0.1, 0.15) is 17.7 Å². The van der Waals surface area contributed by atoms with Gasteiger partial charge in [0.15, 0.2) is 0 Å². The molecule has 0 aromatic carbocycles. The molecule has 0 saturated heterocycles. The molecule has 0 aliphatic heterocycles. The highest BCUT2D eigenvalue weighted by Gasteiger charge is 2.16. The van der Waals surface area contributed by atoms with Crippen LogP contribution in [-0.4, -0.2) is 4.98 Å². The van der Waals surface area contributed by atoms with Crippen molar-refractivity contribution in [2.75, 3.05) is 0 Å². The van der Waals surface area contributed by atoms with Gasteiger partial charge in [-0.15, -0.1) is 0 Å². The molecule has 0 amide bonds. The molecule has 66 valence electrons. The lowest BCUT2D eigenvalue weighted by Gasteiger charge is -2.04. The minimum absolute atomic E-state index is 0.00182. The molecule has 0 saturated carbocycles. The zero-order valence-electron chi connectivity index (χ0n) is 6.11. The summed E-state index contributed by atoms with van der Waals surface area (Å²) in [4.78, 5) is 3.18. The van der Waals surface area contributed by atoms with E-state index in [1.165, 1.54) is 6.92 Å². The molecule has 1 nitrogen and oxygen atoms in total. The first-order chi connectivity index (χ1) is 5.54. The summed E-state index contributed by atoms with van der Waals surface area (Å²) in [6.45, 7) is 1.32. The summed E-state index contributed by atoms with van der Waals surface area (Å²) in [5.41, 5.74) is -0.572. The molecule has 0 unspecified atom stereocenters. The average molecular weight is 196 g/mol. The minimum Gasteiger partial charge on any atom is -0.251 e. The second-order valence-electron chi connectivity index (χ2n) is 2.23. The van der Waals surface area contributed by atoms with Crippen molar-refractivity contribution >= 4 is 11.6 Å². The van der Waals surface area contributed by atoms with E-state index in [9.17, 15) is 13.2 Å². The Bertz CT molecular complexity index is 301. The van der Waals surface area contributed by atoms with Gasteiger partial charge in [-0.05, 0) is 6.92 Å². The van der Waals surface area contributed by atoms with Crippen molar-refractivity contribution in [2.45, 2.75) is 13.3 Å². The summed E-state index contributed by atoms with van der Waals surface area (Å²) in [5, 5.41) is -0.301. The van der Waals surface area contributed by atoms with Gasteiger partial charge in [0.1, 0.15) is 11.5 Å². The standard InChI is InChI=1S/C7H5ClF3N/c1-3-4(9)2-12-6(5(3)8)7(10)11/h2,7H,1H3. The van der Waals surface area contributed by atoms with Gasteiger partial charge < -0.3 is 0 Å². The van der Waals surface area contributed by atoms with E-state index in [2.05, 4.69) is 4.98 Å². The van der Waals surface area contributed by atoms with Gasteiger partial charge >= 0.3 is 0 Å². The third-order valence-corrected chi connectivity index (χ3v) is 1.91. The monoisotopic (exact) mass is 195 g/mol. The molecule has 5 heteroatoms. The largest absolute Gasteiger partial charge is 0.281 e. The lowest BCUT2D eigenvalue weighted by Crippen LogP contribution is -1.96. The SMILES string of the molecule is Cc1c(F)cnc(C(F)F)c1Cl. The van der Waals surface area contributed by atoms with E-state index >= 15 is 0 Å². The van der Waals surface area contributed by atoms with Crippen molar-refractivity contribution in [3.05, 3.63) is 28.3 Å². The molecule has 0 radical (unpaired) electrons. The van der Waals surface area contributed by atoms with Crippen molar-refractivity contribution in [3.63, 3.8) is 0 Å². The van der Waals surface area contributed by atoms with E-state index < -0.39 is 17.9 Å². The molecule has 1 heterocycles. The molecule has 0 bridgehead atoms. The highest BCUT2D eigenvalue weighted by Crippen LogP contribution is 2.28. The van der Waals surface area contributed by atoms with Crippen LogP contribution in [0.3, 0.4) is 0 Å². The van der Waals surface area contributed by atoms with Gasteiger partial charge in [-0.2, -0.15) is 0 Å². The summed E-state index contributed by atoms with van der Waals surface area (Å²) in [6, 6.07) is 0. The molecule has 1 rings (SSSR count). The zero-order chi connectivity index (χ0) is 9.30. The first-order valence-corrected chi connectivity index (χ1v) is 3.50. The van der Waals surface area contributed by atoms with E-state index in [4.69, 9.17) is 11.6 Å². The Balaban J connectivity index is 3.27. The smallest absolute Gasteiger partial charge is 0.251 e. The van der Waals surface area contributed by atoms with Crippen molar-refractivity contribution in [1.82, 2.24) is 4.98 Å². The van der Waals surface area contributed by atoms with Crippen LogP contribution in [0.15, 0.2) is 6.20 Å². The Labute approximate surface area is 72.2 Å². The maximum atomic E-state index is 12.6. The third kappa shape index (κ3) is 1.53. The topological polar surface area (TPSA) is 12.9 Å². The lowest BCUT2D eigenvalue weighted by molar-refractivity contribution is 0.146. The lowest BCUT2D eigenvalue weighted by atomic mass is 10.2. The van der Waals surface area contributed by atoms with E-state index in [0.29, 0.717) is 0 Å². The van der Waals surface area contributed by atoms with Crippen LogP contribution in [-0.2, 0) is 0 Å². The maximum Gasteiger partial charge on any atom is 0.281 e. The van der Waals surface area contributed by atoms with Crippen LogP contribution in [0.25, 0.3) is 0 Å². The van der Waals surface area contributed by atoms with E-state index in [0.717, 1.165) is 6.20 Å². The van der Waals surface area contributed by atoms with Gasteiger partial charge in [-0.25, -0.2) is 13.2 Å². The molecule has 0 aliphatic carbocycles. The van der Waals surface area contributed by atoms with Crippen molar-refractivity contribution in [2.24, 2.45) is 0 Å². The Morgan fingerprint density at radius 1 is 1.50 bits per heavy atom. The Hall–Kier alpha value is -0.770.